The van der Waals surface area contributed by atoms with Crippen molar-refractivity contribution in [2.45, 2.75) is 95.0 Å². The Hall–Kier alpha value is -2.49. The summed E-state index contributed by atoms with van der Waals surface area (Å²) in [5, 5.41) is 16.1. The van der Waals surface area contributed by atoms with Gasteiger partial charge in [0.05, 0.1) is 25.4 Å². The molecule has 238 valence electrons. The number of aliphatic hydroxyl groups is 1. The Labute approximate surface area is 261 Å². The Balaban J connectivity index is 1.04. The molecule has 6 fully saturated rings. The van der Waals surface area contributed by atoms with E-state index in [1.807, 2.05) is 36.4 Å². The van der Waals surface area contributed by atoms with E-state index in [2.05, 4.69) is 34.6 Å². The Bertz CT molecular complexity index is 1250. The summed E-state index contributed by atoms with van der Waals surface area (Å²) in [6.07, 6.45) is 9.07. The molecule has 2 aromatic carbocycles. The Morgan fingerprint density at radius 1 is 0.977 bits per heavy atom. The van der Waals surface area contributed by atoms with Crippen LogP contribution in [-0.4, -0.2) is 60.5 Å². The molecule has 3 N–H and O–H groups in total. The standard InChI is InChI=1S/C36H49N3O5/c1-23-32(20-39-13-3-4-31(39)22-42-2)43-34(44-33(23)28-7-5-24(21-40)6-8-28)29-9-11-30(12-10-29)37-35(41)38-36-17-25-14-26(18-36)16-27(15-25)19-36/h5-12,23,25-27,31-34,40H,3-4,13-22H2,1-2H3,(H2,37,38,41). The first-order valence-electron chi connectivity index (χ1n) is 16.8. The number of urea groups is 1. The van der Waals surface area contributed by atoms with Gasteiger partial charge < -0.3 is 30.0 Å². The van der Waals surface area contributed by atoms with Crippen molar-refractivity contribution in [3.05, 3.63) is 65.2 Å². The van der Waals surface area contributed by atoms with Crippen LogP contribution in [0.2, 0.25) is 0 Å². The van der Waals surface area contributed by atoms with Crippen molar-refractivity contribution in [3.8, 4) is 0 Å². The number of anilines is 1. The maximum absolute atomic E-state index is 13.1. The van der Waals surface area contributed by atoms with Crippen molar-refractivity contribution in [2.75, 3.05) is 32.1 Å². The minimum absolute atomic E-state index is 0.0176. The Kier molecular flexibility index (Phi) is 8.72. The molecular formula is C36H49N3O5. The van der Waals surface area contributed by atoms with Crippen molar-refractivity contribution in [3.63, 3.8) is 0 Å². The van der Waals surface area contributed by atoms with Gasteiger partial charge in [0.15, 0.2) is 6.29 Å². The van der Waals surface area contributed by atoms with Gasteiger partial charge in [-0.2, -0.15) is 0 Å². The van der Waals surface area contributed by atoms with Crippen LogP contribution in [0.4, 0.5) is 10.5 Å². The van der Waals surface area contributed by atoms with Gasteiger partial charge in [0.25, 0.3) is 0 Å². The number of carbonyl (C=O) groups excluding carboxylic acids is 1. The average Bonchev–Trinajstić information content (AvgIpc) is 3.44. The summed E-state index contributed by atoms with van der Waals surface area (Å²) in [5.41, 5.74) is 3.66. The monoisotopic (exact) mass is 603 g/mol. The van der Waals surface area contributed by atoms with Crippen LogP contribution < -0.4 is 10.6 Å². The third-order valence-electron chi connectivity index (χ3n) is 11.3. The zero-order chi connectivity index (χ0) is 30.3. The highest BCUT2D eigenvalue weighted by Gasteiger charge is 2.51. The number of hydrogen-bond acceptors (Lipinski definition) is 6. The van der Waals surface area contributed by atoms with Crippen LogP contribution in [0.3, 0.4) is 0 Å². The maximum atomic E-state index is 13.1. The van der Waals surface area contributed by atoms with Crippen LogP contribution in [0.1, 0.15) is 87.4 Å². The van der Waals surface area contributed by atoms with Crippen LogP contribution in [0.5, 0.6) is 0 Å². The van der Waals surface area contributed by atoms with Gasteiger partial charge in [-0.3, -0.25) is 4.90 Å². The first-order chi connectivity index (χ1) is 21.4. The molecule has 2 amide bonds. The van der Waals surface area contributed by atoms with Gasteiger partial charge in [0.1, 0.15) is 0 Å². The third kappa shape index (κ3) is 6.29. The molecule has 0 aromatic heterocycles. The van der Waals surface area contributed by atoms with Crippen molar-refractivity contribution in [1.29, 1.82) is 0 Å². The number of methoxy groups -OCH3 is 1. The summed E-state index contributed by atoms with van der Waals surface area (Å²) in [6, 6.07) is 16.3. The molecule has 0 radical (unpaired) electrons. The van der Waals surface area contributed by atoms with E-state index in [4.69, 9.17) is 14.2 Å². The minimum atomic E-state index is -0.530. The van der Waals surface area contributed by atoms with Gasteiger partial charge in [-0.25, -0.2) is 4.79 Å². The fraction of sp³-hybridized carbons (Fsp3) is 0.639. The molecule has 0 spiro atoms. The summed E-state index contributed by atoms with van der Waals surface area (Å²) in [4.78, 5) is 15.7. The van der Waals surface area contributed by atoms with Crippen LogP contribution >= 0.6 is 0 Å². The van der Waals surface area contributed by atoms with E-state index >= 15 is 0 Å². The smallest absolute Gasteiger partial charge is 0.319 e. The SMILES string of the molecule is COCC1CCCN1CC1OC(c2ccc(NC(=O)NC34CC5CC(CC(C5)C3)C4)cc2)OC(c2ccc(CO)cc2)C1C. The van der Waals surface area contributed by atoms with Crippen molar-refractivity contribution in [2.24, 2.45) is 23.7 Å². The number of nitrogens with one attached hydrogen (secondary N) is 2. The highest BCUT2D eigenvalue weighted by Crippen LogP contribution is 2.55. The van der Waals surface area contributed by atoms with Gasteiger partial charge >= 0.3 is 6.03 Å². The van der Waals surface area contributed by atoms with Gasteiger partial charge in [-0.15, -0.1) is 0 Å². The molecule has 44 heavy (non-hydrogen) atoms. The lowest BCUT2D eigenvalue weighted by molar-refractivity contribution is -0.276. The number of carbonyl (C=O) groups is 1. The fourth-order valence-electron chi connectivity index (χ4n) is 9.47. The number of aliphatic hydroxyl groups excluding tert-OH is 1. The summed E-state index contributed by atoms with van der Waals surface area (Å²) >= 11 is 0. The predicted molar refractivity (Wildman–Crippen MR) is 169 cm³/mol. The van der Waals surface area contributed by atoms with E-state index in [1.165, 1.54) is 25.7 Å². The molecule has 2 aromatic rings. The lowest BCUT2D eigenvalue weighted by atomic mass is 9.53. The molecule has 6 aliphatic rings. The molecule has 8 nitrogen and oxygen atoms in total. The summed E-state index contributed by atoms with van der Waals surface area (Å²) < 4.78 is 18.9. The van der Waals surface area contributed by atoms with Gasteiger partial charge in [-0.05, 0) is 98.9 Å². The Morgan fingerprint density at radius 2 is 1.64 bits per heavy atom. The van der Waals surface area contributed by atoms with E-state index in [-0.39, 0.29) is 36.3 Å². The predicted octanol–water partition coefficient (Wildman–Crippen LogP) is 6.17. The number of ether oxygens (including phenoxy) is 3. The quantitative estimate of drug-likeness (QED) is 0.318. The van der Waals surface area contributed by atoms with E-state index in [0.29, 0.717) is 6.04 Å². The molecule has 4 aliphatic carbocycles. The highest BCUT2D eigenvalue weighted by atomic mass is 16.7. The summed E-state index contributed by atoms with van der Waals surface area (Å²) in [7, 11) is 1.78. The molecule has 4 bridgehead atoms. The molecule has 5 atom stereocenters. The van der Waals surface area contributed by atoms with Crippen molar-refractivity contribution in [1.82, 2.24) is 10.2 Å². The number of benzene rings is 2. The van der Waals surface area contributed by atoms with Crippen LogP contribution in [-0.2, 0) is 20.8 Å². The van der Waals surface area contributed by atoms with E-state index in [1.54, 1.807) is 7.11 Å². The molecule has 8 heteroatoms. The first kappa shape index (κ1) is 30.2. The van der Waals surface area contributed by atoms with E-state index in [0.717, 1.165) is 85.5 Å². The van der Waals surface area contributed by atoms with E-state index in [9.17, 15) is 9.90 Å². The molecule has 4 saturated carbocycles. The number of amides is 2. The normalized spacial score (nSPS) is 36.4. The van der Waals surface area contributed by atoms with Crippen LogP contribution in [0, 0.1) is 23.7 Å². The summed E-state index contributed by atoms with van der Waals surface area (Å²) in [5.74, 6) is 2.49. The number of likely N-dealkylation sites (tertiary alicyclic amines) is 1. The second kappa shape index (κ2) is 12.7. The summed E-state index contributed by atoms with van der Waals surface area (Å²) in [6.45, 7) is 4.84. The third-order valence-corrected chi connectivity index (χ3v) is 11.3. The van der Waals surface area contributed by atoms with E-state index < -0.39 is 6.29 Å². The van der Waals surface area contributed by atoms with Gasteiger partial charge in [-0.1, -0.05) is 43.3 Å². The first-order valence-corrected chi connectivity index (χ1v) is 16.8. The lowest BCUT2D eigenvalue weighted by Crippen LogP contribution is -2.60. The molecule has 2 heterocycles. The second-order valence-corrected chi connectivity index (χ2v) is 14.5. The van der Waals surface area contributed by atoms with Crippen LogP contribution in [0.15, 0.2) is 48.5 Å². The lowest BCUT2D eigenvalue weighted by Gasteiger charge is -2.56. The van der Waals surface area contributed by atoms with Gasteiger partial charge in [0.2, 0.25) is 0 Å². The number of hydrogen-bond donors (Lipinski definition) is 3. The zero-order valence-electron chi connectivity index (χ0n) is 26.3. The number of rotatable bonds is 9. The second-order valence-electron chi connectivity index (χ2n) is 14.5. The van der Waals surface area contributed by atoms with Crippen molar-refractivity contribution >= 4 is 11.7 Å². The molecule has 2 saturated heterocycles. The molecule has 5 unspecified atom stereocenters. The maximum Gasteiger partial charge on any atom is 0.319 e. The van der Waals surface area contributed by atoms with Crippen LogP contribution in [0.25, 0.3) is 0 Å². The topological polar surface area (TPSA) is 92.3 Å². The fourth-order valence-corrected chi connectivity index (χ4v) is 9.47. The largest absolute Gasteiger partial charge is 0.392 e. The minimum Gasteiger partial charge on any atom is -0.392 e. The Morgan fingerprint density at radius 3 is 2.27 bits per heavy atom. The zero-order valence-corrected chi connectivity index (χ0v) is 26.3. The number of nitrogens with zero attached hydrogens (tertiary/aromatic N) is 1. The molecule has 8 rings (SSSR count). The molecular weight excluding hydrogens is 554 g/mol. The highest BCUT2D eigenvalue weighted by molar-refractivity contribution is 5.89. The van der Waals surface area contributed by atoms with Gasteiger partial charge in [0, 0.05) is 42.4 Å². The molecule has 2 aliphatic heterocycles. The van der Waals surface area contributed by atoms with Crippen molar-refractivity contribution < 1.29 is 24.1 Å². The average molecular weight is 604 g/mol.